The predicted octanol–water partition coefficient (Wildman–Crippen LogP) is 0.448. The van der Waals surface area contributed by atoms with Crippen molar-refractivity contribution >= 4 is 0 Å². The molecule has 0 radical (unpaired) electrons. The molecule has 2 rings (SSSR count). The molecule has 0 amide bonds. The first-order valence-corrected chi connectivity index (χ1v) is 3.85. The molecule has 2 aliphatic carbocycles. The quantitative estimate of drug-likeness (QED) is 0.479. The highest BCUT2D eigenvalue weighted by molar-refractivity contribution is 5.24. The fourth-order valence-corrected chi connectivity index (χ4v) is 2.05. The molecule has 0 aromatic carbocycles. The summed E-state index contributed by atoms with van der Waals surface area (Å²) in [5.74, 6) is 0.491. The number of hydrogen-bond donors (Lipinski definition) is 2. The lowest BCUT2D eigenvalue weighted by atomic mass is 10.1. The molecule has 1 saturated carbocycles. The van der Waals surface area contributed by atoms with Gasteiger partial charge in [0.1, 0.15) is 0 Å². The van der Waals surface area contributed by atoms with Crippen molar-refractivity contribution in [2.45, 2.75) is 31.5 Å². The number of fused-ring (bicyclic) bond motifs is 1. The van der Waals surface area contributed by atoms with Crippen LogP contribution in [0.15, 0.2) is 11.6 Å². The Morgan fingerprint density at radius 1 is 1.30 bits per heavy atom. The van der Waals surface area contributed by atoms with Crippen molar-refractivity contribution in [1.29, 1.82) is 0 Å². The molecule has 0 bridgehead atoms. The van der Waals surface area contributed by atoms with Crippen LogP contribution in [0.25, 0.3) is 0 Å². The average Bonchev–Trinajstić information content (AvgIpc) is 2.35. The standard InChI is InChI=1S/C8H12O2/c9-6-3-5-1-2-8(10)7(5)4-6/h4-6,8-10H,1-3H2/t5-,6+,8-/m0/s1. The van der Waals surface area contributed by atoms with Crippen molar-refractivity contribution in [3.63, 3.8) is 0 Å². The minimum Gasteiger partial charge on any atom is -0.389 e. The zero-order valence-corrected chi connectivity index (χ0v) is 5.83. The Bertz CT molecular complexity index is 174. The van der Waals surface area contributed by atoms with Gasteiger partial charge in [-0.3, -0.25) is 0 Å². The molecule has 3 atom stereocenters. The molecular weight excluding hydrogens is 128 g/mol. The van der Waals surface area contributed by atoms with Crippen LogP contribution in [0, 0.1) is 5.92 Å². The molecule has 1 fully saturated rings. The molecule has 0 unspecified atom stereocenters. The zero-order chi connectivity index (χ0) is 7.14. The lowest BCUT2D eigenvalue weighted by molar-refractivity contribution is 0.204. The van der Waals surface area contributed by atoms with Crippen LogP contribution >= 0.6 is 0 Å². The average molecular weight is 140 g/mol. The molecule has 2 nitrogen and oxygen atoms in total. The second-order valence-corrected chi connectivity index (χ2v) is 3.26. The first kappa shape index (κ1) is 6.38. The van der Waals surface area contributed by atoms with Crippen LogP contribution in [0.5, 0.6) is 0 Å². The second kappa shape index (κ2) is 2.07. The van der Waals surface area contributed by atoms with Crippen LogP contribution in [0.4, 0.5) is 0 Å². The van der Waals surface area contributed by atoms with E-state index < -0.39 is 0 Å². The van der Waals surface area contributed by atoms with Gasteiger partial charge in [0.2, 0.25) is 0 Å². The minimum absolute atomic E-state index is 0.248. The van der Waals surface area contributed by atoms with Crippen LogP contribution in [0.2, 0.25) is 0 Å². The highest BCUT2D eigenvalue weighted by Crippen LogP contribution is 2.39. The van der Waals surface area contributed by atoms with E-state index in [0.29, 0.717) is 5.92 Å². The van der Waals surface area contributed by atoms with E-state index in [-0.39, 0.29) is 12.2 Å². The van der Waals surface area contributed by atoms with Gasteiger partial charge in [-0.25, -0.2) is 0 Å². The van der Waals surface area contributed by atoms with Crippen molar-refractivity contribution in [3.8, 4) is 0 Å². The number of rotatable bonds is 0. The van der Waals surface area contributed by atoms with Crippen LogP contribution in [0.3, 0.4) is 0 Å². The molecule has 0 aromatic heterocycles. The molecule has 0 spiro atoms. The molecule has 2 N–H and O–H groups in total. The van der Waals surface area contributed by atoms with Gasteiger partial charge in [-0.2, -0.15) is 0 Å². The van der Waals surface area contributed by atoms with E-state index in [1.165, 1.54) is 0 Å². The second-order valence-electron chi connectivity index (χ2n) is 3.26. The minimum atomic E-state index is -0.282. The first-order valence-electron chi connectivity index (χ1n) is 3.85. The van der Waals surface area contributed by atoms with Gasteiger partial charge in [-0.15, -0.1) is 0 Å². The molecule has 2 heteroatoms. The van der Waals surface area contributed by atoms with Crippen molar-refractivity contribution in [3.05, 3.63) is 11.6 Å². The Labute approximate surface area is 60.2 Å². The third-order valence-corrected chi connectivity index (χ3v) is 2.56. The van der Waals surface area contributed by atoms with Gasteiger partial charge < -0.3 is 10.2 Å². The van der Waals surface area contributed by atoms with Crippen molar-refractivity contribution in [2.24, 2.45) is 5.92 Å². The van der Waals surface area contributed by atoms with Gasteiger partial charge in [0.15, 0.2) is 0 Å². The molecule has 56 valence electrons. The van der Waals surface area contributed by atoms with Crippen LogP contribution < -0.4 is 0 Å². The maximum absolute atomic E-state index is 9.34. The Morgan fingerprint density at radius 2 is 2.10 bits per heavy atom. The van der Waals surface area contributed by atoms with E-state index in [9.17, 15) is 5.11 Å². The molecule has 0 heterocycles. The topological polar surface area (TPSA) is 40.5 Å². The van der Waals surface area contributed by atoms with E-state index in [1.807, 2.05) is 6.08 Å². The highest BCUT2D eigenvalue weighted by Gasteiger charge is 2.34. The SMILES string of the molecule is O[C@H]1C=C2[C@@H](CC[C@@H]2O)C1. The summed E-state index contributed by atoms with van der Waals surface area (Å²) in [6, 6.07) is 0. The largest absolute Gasteiger partial charge is 0.389 e. The van der Waals surface area contributed by atoms with E-state index in [0.717, 1.165) is 24.8 Å². The predicted molar refractivity (Wildman–Crippen MR) is 37.4 cm³/mol. The molecule has 2 aliphatic rings. The summed E-state index contributed by atoms with van der Waals surface area (Å²) in [6.07, 6.45) is 4.08. The Morgan fingerprint density at radius 3 is 2.80 bits per heavy atom. The molecular formula is C8H12O2. The van der Waals surface area contributed by atoms with Crippen molar-refractivity contribution in [1.82, 2.24) is 0 Å². The lowest BCUT2D eigenvalue weighted by Gasteiger charge is -2.03. The van der Waals surface area contributed by atoms with Gasteiger partial charge in [-0.1, -0.05) is 6.08 Å². The van der Waals surface area contributed by atoms with E-state index in [4.69, 9.17) is 5.11 Å². The normalized spacial score (nSPS) is 45.4. The molecule has 0 saturated heterocycles. The first-order chi connectivity index (χ1) is 4.77. The van der Waals surface area contributed by atoms with E-state index in [2.05, 4.69) is 0 Å². The number of hydrogen-bond acceptors (Lipinski definition) is 2. The van der Waals surface area contributed by atoms with Gasteiger partial charge in [0.05, 0.1) is 12.2 Å². The number of aliphatic hydroxyl groups excluding tert-OH is 2. The molecule has 0 aliphatic heterocycles. The summed E-state index contributed by atoms with van der Waals surface area (Å²) in [4.78, 5) is 0. The molecule has 10 heavy (non-hydrogen) atoms. The Balaban J connectivity index is 2.21. The summed E-state index contributed by atoms with van der Waals surface area (Å²) in [5, 5.41) is 18.5. The highest BCUT2D eigenvalue weighted by atomic mass is 16.3. The summed E-state index contributed by atoms with van der Waals surface area (Å²) >= 11 is 0. The number of aliphatic hydroxyl groups is 2. The van der Waals surface area contributed by atoms with Crippen LogP contribution in [0.1, 0.15) is 19.3 Å². The molecule has 0 aromatic rings. The summed E-state index contributed by atoms with van der Waals surface area (Å²) in [7, 11) is 0. The third kappa shape index (κ3) is 0.796. The van der Waals surface area contributed by atoms with Gasteiger partial charge in [-0.05, 0) is 30.8 Å². The fourth-order valence-electron chi connectivity index (χ4n) is 2.05. The van der Waals surface area contributed by atoms with Crippen LogP contribution in [-0.2, 0) is 0 Å². The Kier molecular flexibility index (Phi) is 1.32. The lowest BCUT2D eigenvalue weighted by Crippen LogP contribution is -2.02. The smallest absolute Gasteiger partial charge is 0.0754 e. The van der Waals surface area contributed by atoms with Crippen molar-refractivity contribution < 1.29 is 10.2 Å². The van der Waals surface area contributed by atoms with Crippen LogP contribution in [-0.4, -0.2) is 22.4 Å². The van der Waals surface area contributed by atoms with E-state index in [1.54, 1.807) is 0 Å². The van der Waals surface area contributed by atoms with Crippen molar-refractivity contribution in [2.75, 3.05) is 0 Å². The fraction of sp³-hybridized carbons (Fsp3) is 0.750. The zero-order valence-electron chi connectivity index (χ0n) is 5.83. The summed E-state index contributed by atoms with van der Waals surface area (Å²) in [5.41, 5.74) is 1.09. The maximum atomic E-state index is 9.34. The Hall–Kier alpha value is -0.340. The maximum Gasteiger partial charge on any atom is 0.0754 e. The monoisotopic (exact) mass is 140 g/mol. The third-order valence-electron chi connectivity index (χ3n) is 2.56. The van der Waals surface area contributed by atoms with Gasteiger partial charge in [0.25, 0.3) is 0 Å². The van der Waals surface area contributed by atoms with Gasteiger partial charge in [0, 0.05) is 0 Å². The van der Waals surface area contributed by atoms with Gasteiger partial charge >= 0.3 is 0 Å². The summed E-state index contributed by atoms with van der Waals surface area (Å²) < 4.78 is 0. The summed E-state index contributed by atoms with van der Waals surface area (Å²) in [6.45, 7) is 0. The van der Waals surface area contributed by atoms with E-state index >= 15 is 0 Å².